The molecule has 0 unspecified atom stereocenters. The zero-order chi connectivity index (χ0) is 14.8. The van der Waals surface area contributed by atoms with Crippen LogP contribution in [0, 0.1) is 5.82 Å². The van der Waals surface area contributed by atoms with Gasteiger partial charge in [-0.2, -0.15) is 0 Å². The Bertz CT molecular complexity index is 622. The Morgan fingerprint density at radius 3 is 2.62 bits per heavy atom. The van der Waals surface area contributed by atoms with Gasteiger partial charge in [0.25, 0.3) is 0 Å². The molecule has 0 aromatic heterocycles. The molecule has 3 heteroatoms. The van der Waals surface area contributed by atoms with Crippen molar-refractivity contribution in [1.82, 2.24) is 5.32 Å². The largest absolute Gasteiger partial charge is 0.307 e. The standard InChI is InChI=1S/C18H19BrFN/c1-12(17-7-2-3-8-18(17)19)21-16-10-14(11-16)13-5-4-6-15(20)9-13/h2-9,12,14,16,21H,10-11H2,1H3/t12-,14?,16?/m1/s1. The van der Waals surface area contributed by atoms with Gasteiger partial charge in [-0.25, -0.2) is 4.39 Å². The lowest BCUT2D eigenvalue weighted by atomic mass is 9.75. The van der Waals surface area contributed by atoms with Gasteiger partial charge in [0.1, 0.15) is 5.82 Å². The summed E-state index contributed by atoms with van der Waals surface area (Å²) in [5.74, 6) is 0.357. The monoisotopic (exact) mass is 347 g/mol. The molecule has 1 nitrogen and oxygen atoms in total. The molecule has 1 atom stereocenters. The molecule has 0 radical (unpaired) electrons. The summed E-state index contributed by atoms with van der Waals surface area (Å²) in [7, 11) is 0. The summed E-state index contributed by atoms with van der Waals surface area (Å²) in [5, 5.41) is 3.66. The average Bonchev–Trinajstić information content (AvgIpc) is 2.42. The van der Waals surface area contributed by atoms with Crippen molar-refractivity contribution in [3.63, 3.8) is 0 Å². The van der Waals surface area contributed by atoms with Gasteiger partial charge in [-0.15, -0.1) is 0 Å². The van der Waals surface area contributed by atoms with Gasteiger partial charge in [0, 0.05) is 16.6 Å². The first-order chi connectivity index (χ1) is 10.1. The van der Waals surface area contributed by atoms with Crippen molar-refractivity contribution in [3.8, 4) is 0 Å². The van der Waals surface area contributed by atoms with Crippen LogP contribution >= 0.6 is 15.9 Å². The first-order valence-corrected chi connectivity index (χ1v) is 8.18. The maximum absolute atomic E-state index is 13.2. The van der Waals surface area contributed by atoms with E-state index in [9.17, 15) is 4.39 Å². The lowest BCUT2D eigenvalue weighted by Gasteiger charge is -2.38. The minimum atomic E-state index is -0.134. The van der Waals surface area contributed by atoms with Gasteiger partial charge in [0.2, 0.25) is 0 Å². The first-order valence-electron chi connectivity index (χ1n) is 7.39. The highest BCUT2D eigenvalue weighted by atomic mass is 79.9. The molecule has 0 heterocycles. The normalized spacial score (nSPS) is 22.6. The van der Waals surface area contributed by atoms with E-state index in [4.69, 9.17) is 0 Å². The maximum Gasteiger partial charge on any atom is 0.123 e. The van der Waals surface area contributed by atoms with Crippen molar-refractivity contribution in [1.29, 1.82) is 0 Å². The maximum atomic E-state index is 13.2. The SMILES string of the molecule is C[C@@H](NC1CC(c2cccc(F)c2)C1)c1ccccc1Br. The molecule has 21 heavy (non-hydrogen) atoms. The van der Waals surface area contributed by atoms with Gasteiger partial charge in [-0.3, -0.25) is 0 Å². The second-order valence-corrected chi connectivity index (χ2v) is 6.68. The summed E-state index contributed by atoms with van der Waals surface area (Å²) < 4.78 is 14.4. The second kappa shape index (κ2) is 6.29. The molecule has 1 N–H and O–H groups in total. The van der Waals surface area contributed by atoms with Crippen LogP contribution in [0.25, 0.3) is 0 Å². The summed E-state index contributed by atoms with van der Waals surface area (Å²) in [4.78, 5) is 0. The third kappa shape index (κ3) is 3.35. The van der Waals surface area contributed by atoms with Gasteiger partial charge < -0.3 is 5.32 Å². The molecular weight excluding hydrogens is 329 g/mol. The van der Waals surface area contributed by atoms with E-state index in [1.54, 1.807) is 12.1 Å². The van der Waals surface area contributed by atoms with E-state index >= 15 is 0 Å². The molecule has 0 bridgehead atoms. The van der Waals surface area contributed by atoms with Crippen LogP contribution in [0.4, 0.5) is 4.39 Å². The molecule has 0 saturated heterocycles. The highest BCUT2D eigenvalue weighted by Crippen LogP contribution is 2.38. The molecule has 2 aromatic carbocycles. The van der Waals surface area contributed by atoms with E-state index in [1.165, 1.54) is 11.6 Å². The first kappa shape index (κ1) is 14.7. The summed E-state index contributed by atoms with van der Waals surface area (Å²) in [6.45, 7) is 2.19. The quantitative estimate of drug-likeness (QED) is 0.802. The number of benzene rings is 2. The van der Waals surface area contributed by atoms with Crippen LogP contribution in [-0.4, -0.2) is 6.04 Å². The van der Waals surface area contributed by atoms with Crippen molar-refractivity contribution in [3.05, 3.63) is 69.9 Å². The van der Waals surface area contributed by atoms with E-state index in [2.05, 4.69) is 46.4 Å². The Morgan fingerprint density at radius 2 is 1.90 bits per heavy atom. The van der Waals surface area contributed by atoms with Gasteiger partial charge in [0.15, 0.2) is 0 Å². The minimum Gasteiger partial charge on any atom is -0.307 e. The smallest absolute Gasteiger partial charge is 0.123 e. The van der Waals surface area contributed by atoms with E-state index in [1.807, 2.05) is 12.1 Å². The van der Waals surface area contributed by atoms with Crippen molar-refractivity contribution < 1.29 is 4.39 Å². The molecular formula is C18H19BrFN. The summed E-state index contributed by atoms with van der Waals surface area (Å²) in [6.07, 6.45) is 2.16. The fourth-order valence-electron chi connectivity index (χ4n) is 3.06. The Hall–Kier alpha value is -1.19. The average molecular weight is 348 g/mol. The molecule has 1 aliphatic carbocycles. The second-order valence-electron chi connectivity index (χ2n) is 5.83. The van der Waals surface area contributed by atoms with Crippen LogP contribution in [0.3, 0.4) is 0 Å². The van der Waals surface area contributed by atoms with E-state index in [0.717, 1.165) is 22.9 Å². The molecule has 1 fully saturated rings. The third-order valence-corrected chi connectivity index (χ3v) is 5.04. The van der Waals surface area contributed by atoms with Crippen LogP contribution in [0.5, 0.6) is 0 Å². The Labute approximate surface area is 133 Å². The Kier molecular flexibility index (Phi) is 4.41. The molecule has 1 aliphatic rings. The van der Waals surface area contributed by atoms with Crippen LogP contribution in [0.15, 0.2) is 53.0 Å². The van der Waals surface area contributed by atoms with E-state index < -0.39 is 0 Å². The third-order valence-electron chi connectivity index (χ3n) is 4.32. The number of nitrogens with one attached hydrogen (secondary N) is 1. The molecule has 3 rings (SSSR count). The summed E-state index contributed by atoms with van der Waals surface area (Å²) in [5.41, 5.74) is 2.41. The minimum absolute atomic E-state index is 0.134. The van der Waals surface area contributed by atoms with Crippen molar-refractivity contribution in [2.75, 3.05) is 0 Å². The molecule has 1 saturated carbocycles. The molecule has 0 amide bonds. The van der Waals surface area contributed by atoms with Crippen molar-refractivity contribution in [2.45, 2.75) is 37.8 Å². The van der Waals surface area contributed by atoms with Crippen LogP contribution in [0.2, 0.25) is 0 Å². The van der Waals surface area contributed by atoms with E-state index in [0.29, 0.717) is 18.0 Å². The van der Waals surface area contributed by atoms with Crippen molar-refractivity contribution in [2.24, 2.45) is 0 Å². The van der Waals surface area contributed by atoms with Gasteiger partial charge in [0.05, 0.1) is 0 Å². The Balaban J connectivity index is 1.56. The number of hydrogen-bond acceptors (Lipinski definition) is 1. The van der Waals surface area contributed by atoms with Crippen LogP contribution in [0.1, 0.15) is 42.9 Å². The van der Waals surface area contributed by atoms with Gasteiger partial charge in [-0.05, 0) is 55.0 Å². The topological polar surface area (TPSA) is 12.0 Å². The fraction of sp³-hybridized carbons (Fsp3) is 0.333. The zero-order valence-electron chi connectivity index (χ0n) is 12.0. The Morgan fingerprint density at radius 1 is 1.14 bits per heavy atom. The molecule has 0 spiro atoms. The number of halogens is 2. The summed E-state index contributed by atoms with van der Waals surface area (Å²) >= 11 is 3.60. The number of rotatable bonds is 4. The molecule has 0 aliphatic heterocycles. The van der Waals surface area contributed by atoms with E-state index in [-0.39, 0.29) is 5.82 Å². The lowest BCUT2D eigenvalue weighted by Crippen LogP contribution is -2.41. The highest BCUT2D eigenvalue weighted by Gasteiger charge is 2.31. The number of hydrogen-bond donors (Lipinski definition) is 1. The predicted octanol–water partition coefficient (Wildman–Crippen LogP) is 5.19. The zero-order valence-corrected chi connectivity index (χ0v) is 13.6. The van der Waals surface area contributed by atoms with Crippen LogP contribution in [-0.2, 0) is 0 Å². The van der Waals surface area contributed by atoms with Crippen LogP contribution < -0.4 is 5.32 Å². The molecule has 2 aromatic rings. The van der Waals surface area contributed by atoms with Gasteiger partial charge in [-0.1, -0.05) is 46.3 Å². The lowest BCUT2D eigenvalue weighted by molar-refractivity contribution is 0.270. The van der Waals surface area contributed by atoms with Crippen molar-refractivity contribution >= 4 is 15.9 Å². The summed E-state index contributed by atoms with van der Waals surface area (Å²) in [6, 6.07) is 16.1. The molecule has 110 valence electrons. The van der Waals surface area contributed by atoms with Gasteiger partial charge >= 0.3 is 0 Å². The highest BCUT2D eigenvalue weighted by molar-refractivity contribution is 9.10. The fourth-order valence-corrected chi connectivity index (χ4v) is 3.68. The predicted molar refractivity (Wildman–Crippen MR) is 87.9 cm³/mol.